The number of thioether (sulfide) groups is 1. The van der Waals surface area contributed by atoms with Crippen LogP contribution in [0.25, 0.3) is 0 Å². The van der Waals surface area contributed by atoms with Crippen molar-refractivity contribution in [1.82, 2.24) is 20.2 Å². The van der Waals surface area contributed by atoms with E-state index in [4.69, 9.17) is 11.6 Å². The molecule has 0 spiro atoms. The number of rotatable bonds is 4. The average molecular weight is 326 g/mol. The quantitative estimate of drug-likeness (QED) is 0.875. The van der Waals surface area contributed by atoms with E-state index in [-0.39, 0.29) is 17.2 Å². The summed E-state index contributed by atoms with van der Waals surface area (Å²) in [6.07, 6.45) is 0. The first-order valence-electron chi connectivity index (χ1n) is 6.33. The number of nitrogens with one attached hydrogen (secondary N) is 1. The van der Waals surface area contributed by atoms with Crippen molar-refractivity contribution in [3.8, 4) is 0 Å². The van der Waals surface area contributed by atoms with Gasteiger partial charge in [0.15, 0.2) is 0 Å². The summed E-state index contributed by atoms with van der Waals surface area (Å²) in [6.45, 7) is 6.00. The number of halogens is 1. The van der Waals surface area contributed by atoms with Gasteiger partial charge in [-0.3, -0.25) is 4.79 Å². The van der Waals surface area contributed by atoms with Crippen LogP contribution in [0.3, 0.4) is 0 Å². The maximum atomic E-state index is 11.9. The second-order valence-corrected chi connectivity index (χ2v) is 6.77. The Hall–Kier alpha value is -1.60. The molecule has 0 aliphatic rings. The topological polar surface area (TPSA) is 72.7 Å². The highest BCUT2D eigenvalue weighted by Crippen LogP contribution is 2.21. The molecule has 21 heavy (non-hydrogen) atoms. The molecule has 6 nitrogen and oxygen atoms in total. The second-order valence-electron chi connectivity index (χ2n) is 5.39. The van der Waals surface area contributed by atoms with Crippen LogP contribution in [0.15, 0.2) is 29.4 Å². The fourth-order valence-corrected chi connectivity index (χ4v) is 2.63. The normalized spacial score (nSPS) is 11.4. The molecule has 1 N–H and O–H groups in total. The van der Waals surface area contributed by atoms with E-state index in [2.05, 4.69) is 20.8 Å². The maximum Gasteiger partial charge on any atom is 0.234 e. The largest absolute Gasteiger partial charge is 0.325 e. The number of amides is 1. The minimum atomic E-state index is -0.227. The van der Waals surface area contributed by atoms with Gasteiger partial charge in [-0.25, -0.2) is 4.68 Å². The highest BCUT2D eigenvalue weighted by Gasteiger charge is 2.20. The summed E-state index contributed by atoms with van der Waals surface area (Å²) in [7, 11) is 0. The smallest absolute Gasteiger partial charge is 0.234 e. The van der Waals surface area contributed by atoms with Crippen molar-refractivity contribution >= 4 is 35.0 Å². The first kappa shape index (κ1) is 15.8. The predicted octanol–water partition coefficient (Wildman–Crippen LogP) is 2.81. The molecule has 0 unspecified atom stereocenters. The summed E-state index contributed by atoms with van der Waals surface area (Å²) in [5, 5.41) is 15.5. The highest BCUT2D eigenvalue weighted by molar-refractivity contribution is 7.99. The van der Waals surface area contributed by atoms with Crippen LogP contribution in [0.4, 0.5) is 5.69 Å². The number of carbonyl (C=O) groups excluding carboxylic acids is 1. The Morgan fingerprint density at radius 1 is 1.43 bits per heavy atom. The van der Waals surface area contributed by atoms with Crippen molar-refractivity contribution in [2.75, 3.05) is 11.1 Å². The van der Waals surface area contributed by atoms with Crippen LogP contribution in [-0.4, -0.2) is 31.9 Å². The number of aromatic nitrogens is 4. The first-order valence-corrected chi connectivity index (χ1v) is 7.70. The number of nitrogens with zero attached hydrogens (tertiary/aromatic N) is 4. The lowest BCUT2D eigenvalue weighted by molar-refractivity contribution is -0.113. The molecular weight excluding hydrogens is 310 g/mol. The number of tetrazole rings is 1. The molecule has 0 fully saturated rings. The molecule has 0 radical (unpaired) electrons. The third kappa shape index (κ3) is 4.44. The van der Waals surface area contributed by atoms with Crippen molar-refractivity contribution in [1.29, 1.82) is 0 Å². The molecule has 0 bridgehead atoms. The number of hydrogen-bond donors (Lipinski definition) is 1. The van der Waals surface area contributed by atoms with E-state index in [1.807, 2.05) is 20.8 Å². The second kappa shape index (κ2) is 6.44. The van der Waals surface area contributed by atoms with Crippen LogP contribution in [0.5, 0.6) is 0 Å². The summed E-state index contributed by atoms with van der Waals surface area (Å²) in [5.74, 6) is 0.0916. The van der Waals surface area contributed by atoms with Crippen molar-refractivity contribution in [2.45, 2.75) is 31.5 Å². The Morgan fingerprint density at radius 2 is 2.19 bits per heavy atom. The first-order chi connectivity index (χ1) is 9.86. The van der Waals surface area contributed by atoms with Crippen LogP contribution in [0.1, 0.15) is 20.8 Å². The molecule has 0 atom stereocenters. The van der Waals surface area contributed by atoms with E-state index >= 15 is 0 Å². The fourth-order valence-electron chi connectivity index (χ4n) is 1.58. The van der Waals surface area contributed by atoms with Crippen molar-refractivity contribution in [2.24, 2.45) is 0 Å². The maximum absolute atomic E-state index is 11.9. The summed E-state index contributed by atoms with van der Waals surface area (Å²) in [6, 6.07) is 7.02. The van der Waals surface area contributed by atoms with Gasteiger partial charge < -0.3 is 5.32 Å². The Balaban J connectivity index is 1.95. The van der Waals surface area contributed by atoms with Crippen LogP contribution in [-0.2, 0) is 10.3 Å². The van der Waals surface area contributed by atoms with Crippen molar-refractivity contribution < 1.29 is 4.79 Å². The molecule has 8 heteroatoms. The Morgan fingerprint density at radius 3 is 2.86 bits per heavy atom. The number of hydrogen-bond acceptors (Lipinski definition) is 5. The zero-order chi connectivity index (χ0) is 15.5. The minimum Gasteiger partial charge on any atom is -0.325 e. The Labute approximate surface area is 132 Å². The molecule has 2 aromatic rings. The van der Waals surface area contributed by atoms with Crippen LogP contribution < -0.4 is 5.32 Å². The molecule has 0 aliphatic carbocycles. The van der Waals surface area contributed by atoms with E-state index in [0.717, 1.165) is 0 Å². The van der Waals surface area contributed by atoms with Gasteiger partial charge in [0.25, 0.3) is 0 Å². The van der Waals surface area contributed by atoms with Crippen LogP contribution >= 0.6 is 23.4 Å². The lowest BCUT2D eigenvalue weighted by atomic mass is 10.1. The van der Waals surface area contributed by atoms with Crippen LogP contribution in [0, 0.1) is 0 Å². The van der Waals surface area contributed by atoms with Gasteiger partial charge in [-0.1, -0.05) is 29.4 Å². The van der Waals surface area contributed by atoms with Gasteiger partial charge in [-0.05, 0) is 49.4 Å². The lowest BCUT2D eigenvalue weighted by Crippen LogP contribution is -2.24. The number of carbonyl (C=O) groups is 1. The molecule has 0 saturated heterocycles. The molecule has 0 aliphatic heterocycles. The summed E-state index contributed by atoms with van der Waals surface area (Å²) in [4.78, 5) is 11.9. The zero-order valence-electron chi connectivity index (χ0n) is 12.0. The standard InChI is InChI=1S/C13H16ClN5OS/c1-13(2,3)19-12(16-17-18-19)21-8-11(20)15-10-6-4-5-9(14)7-10/h4-7H,8H2,1-3H3,(H,15,20). The van der Waals surface area contributed by atoms with Gasteiger partial charge in [-0.2, -0.15) is 0 Å². The summed E-state index contributed by atoms with van der Waals surface area (Å²) < 4.78 is 1.70. The summed E-state index contributed by atoms with van der Waals surface area (Å²) >= 11 is 7.17. The molecular formula is C13H16ClN5OS. The third-order valence-corrected chi connectivity index (χ3v) is 3.67. The average Bonchev–Trinajstić information content (AvgIpc) is 2.84. The Bertz CT molecular complexity index is 637. The van der Waals surface area contributed by atoms with Gasteiger partial charge in [0.2, 0.25) is 11.1 Å². The van der Waals surface area contributed by atoms with Crippen LogP contribution in [0.2, 0.25) is 5.02 Å². The predicted molar refractivity (Wildman–Crippen MR) is 83.6 cm³/mol. The van der Waals surface area contributed by atoms with Gasteiger partial charge in [0.05, 0.1) is 11.3 Å². The van der Waals surface area contributed by atoms with Gasteiger partial charge in [0.1, 0.15) is 0 Å². The van der Waals surface area contributed by atoms with E-state index < -0.39 is 0 Å². The SMILES string of the molecule is CC(C)(C)n1nnnc1SCC(=O)Nc1cccc(Cl)c1. The molecule has 112 valence electrons. The number of anilines is 1. The van der Waals surface area contributed by atoms with E-state index in [1.54, 1.807) is 28.9 Å². The van der Waals surface area contributed by atoms with E-state index in [1.165, 1.54) is 11.8 Å². The molecule has 2 rings (SSSR count). The Kier molecular flexibility index (Phi) is 4.84. The lowest BCUT2D eigenvalue weighted by Gasteiger charge is -2.19. The summed E-state index contributed by atoms with van der Waals surface area (Å²) in [5.41, 5.74) is 0.443. The molecule has 1 aromatic carbocycles. The van der Waals surface area contributed by atoms with E-state index in [9.17, 15) is 4.79 Å². The van der Waals surface area contributed by atoms with Crippen molar-refractivity contribution in [3.63, 3.8) is 0 Å². The third-order valence-electron chi connectivity index (χ3n) is 2.52. The monoisotopic (exact) mass is 325 g/mol. The molecule has 1 aromatic heterocycles. The zero-order valence-corrected chi connectivity index (χ0v) is 13.6. The molecule has 1 amide bonds. The van der Waals surface area contributed by atoms with Gasteiger partial charge >= 0.3 is 0 Å². The fraction of sp³-hybridized carbons (Fsp3) is 0.385. The van der Waals surface area contributed by atoms with E-state index in [0.29, 0.717) is 15.9 Å². The van der Waals surface area contributed by atoms with Gasteiger partial charge in [-0.15, -0.1) is 5.10 Å². The van der Waals surface area contributed by atoms with Gasteiger partial charge in [0, 0.05) is 10.7 Å². The minimum absolute atomic E-state index is 0.134. The molecule has 0 saturated carbocycles. The molecule has 1 heterocycles. The number of benzene rings is 1. The highest BCUT2D eigenvalue weighted by atomic mass is 35.5. The van der Waals surface area contributed by atoms with Crippen molar-refractivity contribution in [3.05, 3.63) is 29.3 Å².